The van der Waals surface area contributed by atoms with Crippen molar-refractivity contribution < 1.29 is 58.2 Å². The van der Waals surface area contributed by atoms with E-state index in [2.05, 4.69) is 118 Å². The van der Waals surface area contributed by atoms with Crippen LogP contribution in [0.2, 0.25) is 0 Å². The lowest BCUT2D eigenvalue weighted by atomic mass is 9.98. The molecule has 436 valence electrons. The molecule has 1 heterocycles. The molecule has 0 bridgehead atoms. The van der Waals surface area contributed by atoms with Crippen molar-refractivity contribution in [2.75, 3.05) is 13.2 Å². The highest BCUT2D eigenvalue weighted by Crippen LogP contribution is 2.26. The number of ether oxygens (including phenoxy) is 5. The molecule has 1 fully saturated rings. The van der Waals surface area contributed by atoms with E-state index in [9.17, 15) is 34.5 Å². The molecule has 0 aromatic rings. The Bertz CT molecular complexity index is 1750. The largest absolute Gasteiger partial charge is 0.479 e. The predicted octanol–water partition coefficient (Wildman–Crippen LogP) is 15.4. The van der Waals surface area contributed by atoms with E-state index in [1.54, 1.807) is 0 Å². The van der Waals surface area contributed by atoms with Crippen molar-refractivity contribution in [3.8, 4) is 0 Å². The van der Waals surface area contributed by atoms with Crippen LogP contribution in [-0.4, -0.2) is 89.2 Å². The third kappa shape index (κ3) is 42.1. The van der Waals surface area contributed by atoms with Gasteiger partial charge in [0.05, 0.1) is 6.61 Å². The molecule has 0 radical (unpaired) electrons. The summed E-state index contributed by atoms with van der Waals surface area (Å²) in [5.74, 6) is -3.28. The van der Waals surface area contributed by atoms with Crippen molar-refractivity contribution in [1.82, 2.24) is 0 Å². The Morgan fingerprint density at radius 2 is 0.844 bits per heavy atom. The first-order chi connectivity index (χ1) is 37.6. The van der Waals surface area contributed by atoms with Gasteiger partial charge in [-0.25, -0.2) is 4.79 Å². The van der Waals surface area contributed by atoms with Crippen LogP contribution in [0.25, 0.3) is 0 Å². The lowest BCUT2D eigenvalue weighted by Crippen LogP contribution is -2.61. The van der Waals surface area contributed by atoms with E-state index in [0.29, 0.717) is 19.3 Å². The molecule has 12 nitrogen and oxygen atoms in total. The van der Waals surface area contributed by atoms with Gasteiger partial charge in [-0.05, 0) is 89.9 Å². The first-order valence-electron chi connectivity index (χ1n) is 29.9. The van der Waals surface area contributed by atoms with Crippen LogP contribution < -0.4 is 0 Å². The number of aliphatic carboxylic acids is 1. The van der Waals surface area contributed by atoms with Crippen LogP contribution in [0.1, 0.15) is 226 Å². The number of hydrogen-bond donors (Lipinski definition) is 3. The zero-order valence-corrected chi connectivity index (χ0v) is 47.9. The standard InChI is InChI=1S/C65H104O12/c1-4-7-10-13-16-19-22-25-27-28-29-30-32-34-36-39-42-45-48-51-57(66)73-54-56(75-58(67)52-49-46-43-40-37-33-24-21-18-15-12-9-6-3)55-74-65-63(61(70)60(69)62(77-65)64(71)72)76-59(68)53-50-47-44-41-38-35-31-26-23-20-17-14-11-8-5-2/h7,9-10,12,16,18-19,21,25,27,29-30,33-34,36-37,42,45,56,60-63,65,69-70H,4-6,8,11,13-15,17,20,22-24,26,28,31-32,35,38-41,43-44,46-55H2,1-3H3,(H,71,72)/b10-7-,12-9-,19-16-,21-18-,27-25-,30-29-,36-34-,37-33-,45-42-. The van der Waals surface area contributed by atoms with E-state index in [1.807, 2.05) is 12.2 Å². The van der Waals surface area contributed by atoms with E-state index < -0.39 is 67.3 Å². The van der Waals surface area contributed by atoms with Crippen LogP contribution >= 0.6 is 0 Å². The second kappa shape index (κ2) is 52.1. The van der Waals surface area contributed by atoms with Crippen molar-refractivity contribution in [3.05, 3.63) is 109 Å². The van der Waals surface area contributed by atoms with Crippen molar-refractivity contribution in [3.63, 3.8) is 0 Å². The van der Waals surface area contributed by atoms with Gasteiger partial charge in [0.15, 0.2) is 24.6 Å². The topological polar surface area (TPSA) is 175 Å². The molecule has 6 atom stereocenters. The molecule has 12 heteroatoms. The maximum absolute atomic E-state index is 13.1. The molecule has 0 amide bonds. The molecule has 1 aliphatic heterocycles. The Morgan fingerprint density at radius 3 is 1.30 bits per heavy atom. The Labute approximate surface area is 465 Å². The van der Waals surface area contributed by atoms with E-state index in [4.69, 9.17) is 23.7 Å². The molecule has 0 aliphatic carbocycles. The highest BCUT2D eigenvalue weighted by Gasteiger charge is 2.50. The minimum Gasteiger partial charge on any atom is -0.479 e. The summed E-state index contributed by atoms with van der Waals surface area (Å²) in [6.07, 6.45) is 57.9. The van der Waals surface area contributed by atoms with Gasteiger partial charge in [-0.2, -0.15) is 0 Å². The Balaban J connectivity index is 2.74. The van der Waals surface area contributed by atoms with Crippen molar-refractivity contribution in [1.29, 1.82) is 0 Å². The molecule has 0 aromatic heterocycles. The van der Waals surface area contributed by atoms with Crippen LogP contribution in [0.4, 0.5) is 0 Å². The zero-order valence-electron chi connectivity index (χ0n) is 47.9. The van der Waals surface area contributed by atoms with Crippen LogP contribution in [0, 0.1) is 0 Å². The third-order valence-corrected chi connectivity index (χ3v) is 12.9. The third-order valence-electron chi connectivity index (χ3n) is 12.9. The van der Waals surface area contributed by atoms with Crippen LogP contribution in [0.3, 0.4) is 0 Å². The van der Waals surface area contributed by atoms with E-state index >= 15 is 0 Å². The Hall–Kier alpha value is -4.62. The Morgan fingerprint density at radius 1 is 0.442 bits per heavy atom. The van der Waals surface area contributed by atoms with E-state index in [1.165, 1.54) is 64.2 Å². The molecule has 0 saturated carbocycles. The smallest absolute Gasteiger partial charge is 0.335 e. The zero-order chi connectivity index (χ0) is 56.1. The van der Waals surface area contributed by atoms with E-state index in [-0.39, 0.29) is 25.9 Å². The Kier molecular flexibility index (Phi) is 47.6. The van der Waals surface area contributed by atoms with Crippen LogP contribution in [-0.2, 0) is 42.9 Å². The van der Waals surface area contributed by atoms with Gasteiger partial charge in [0, 0.05) is 19.3 Å². The van der Waals surface area contributed by atoms with E-state index in [0.717, 1.165) is 103 Å². The highest BCUT2D eigenvalue weighted by molar-refractivity contribution is 5.74. The highest BCUT2D eigenvalue weighted by atomic mass is 16.7. The predicted molar refractivity (Wildman–Crippen MR) is 312 cm³/mol. The number of aliphatic hydroxyl groups excluding tert-OH is 2. The first kappa shape index (κ1) is 70.4. The van der Waals surface area contributed by atoms with Gasteiger partial charge < -0.3 is 39.0 Å². The van der Waals surface area contributed by atoms with Crippen molar-refractivity contribution in [2.24, 2.45) is 0 Å². The molecule has 0 spiro atoms. The molecule has 6 unspecified atom stereocenters. The number of carboxylic acids is 1. The molecule has 1 saturated heterocycles. The van der Waals surface area contributed by atoms with Gasteiger partial charge >= 0.3 is 23.9 Å². The fourth-order valence-electron chi connectivity index (χ4n) is 8.35. The fraction of sp³-hybridized carbons (Fsp3) is 0.662. The average molecular weight is 1080 g/mol. The quantitative estimate of drug-likeness (QED) is 0.0228. The average Bonchev–Trinajstić information content (AvgIpc) is 3.42. The summed E-state index contributed by atoms with van der Waals surface area (Å²) in [6.45, 7) is 5.67. The van der Waals surface area contributed by atoms with Gasteiger partial charge in [0.2, 0.25) is 0 Å². The lowest BCUT2D eigenvalue weighted by molar-refractivity contribution is -0.301. The number of aliphatic hydroxyl groups is 2. The molecule has 3 N–H and O–H groups in total. The number of unbranched alkanes of at least 4 members (excludes halogenated alkanes) is 17. The van der Waals surface area contributed by atoms with Crippen molar-refractivity contribution >= 4 is 23.9 Å². The summed E-state index contributed by atoms with van der Waals surface area (Å²) < 4.78 is 28.3. The molecular formula is C65H104O12. The summed E-state index contributed by atoms with van der Waals surface area (Å²) in [6, 6.07) is 0. The SMILES string of the molecule is CC/C=C\C/C=C\C/C=C\C/C=C\C/C=C\C/C=C\CCC(=O)OCC(COC1OC(C(=O)O)C(O)C(O)C1OC(=O)CCCCCCCCCCCCCCCCC)OC(=O)CCCCC/C=C\C/C=C\C/C=C\CC. The molecule has 77 heavy (non-hydrogen) atoms. The monoisotopic (exact) mass is 1080 g/mol. The van der Waals surface area contributed by atoms with Gasteiger partial charge in [-0.1, -0.05) is 226 Å². The van der Waals surface area contributed by atoms with Crippen LogP contribution in [0.15, 0.2) is 109 Å². The second-order valence-corrected chi connectivity index (χ2v) is 19.9. The first-order valence-corrected chi connectivity index (χ1v) is 29.9. The normalized spacial score (nSPS) is 18.8. The summed E-state index contributed by atoms with van der Waals surface area (Å²) in [7, 11) is 0. The van der Waals surface area contributed by atoms with Gasteiger partial charge in [0.25, 0.3) is 0 Å². The van der Waals surface area contributed by atoms with Gasteiger partial charge in [0.1, 0.15) is 18.8 Å². The minimum atomic E-state index is -1.92. The number of carboxylic acid groups (broad SMARTS) is 1. The number of carbonyl (C=O) groups is 4. The minimum absolute atomic E-state index is 0.0479. The second-order valence-electron chi connectivity index (χ2n) is 19.9. The summed E-state index contributed by atoms with van der Waals surface area (Å²) in [4.78, 5) is 51.1. The maximum atomic E-state index is 13.1. The summed E-state index contributed by atoms with van der Waals surface area (Å²) >= 11 is 0. The molecule has 1 aliphatic rings. The van der Waals surface area contributed by atoms with Gasteiger partial charge in [-0.3, -0.25) is 14.4 Å². The number of allylic oxidation sites excluding steroid dienone is 18. The number of rotatable bonds is 49. The summed E-state index contributed by atoms with van der Waals surface area (Å²) in [5, 5.41) is 31.5. The van der Waals surface area contributed by atoms with Crippen molar-refractivity contribution in [2.45, 2.75) is 263 Å². The number of carbonyl (C=O) groups excluding carboxylic acids is 3. The fourth-order valence-corrected chi connectivity index (χ4v) is 8.35. The molecule has 1 rings (SSSR count). The maximum Gasteiger partial charge on any atom is 0.335 e. The van der Waals surface area contributed by atoms with Gasteiger partial charge in [-0.15, -0.1) is 0 Å². The number of hydrogen-bond acceptors (Lipinski definition) is 11. The molecule has 0 aromatic carbocycles. The molecular weight excluding hydrogens is 973 g/mol. The summed E-state index contributed by atoms with van der Waals surface area (Å²) in [5.41, 5.74) is 0. The number of esters is 3. The lowest BCUT2D eigenvalue weighted by Gasteiger charge is -2.40. The van der Waals surface area contributed by atoms with Crippen LogP contribution in [0.5, 0.6) is 0 Å².